The van der Waals surface area contributed by atoms with E-state index < -0.39 is 12.2 Å². The molecule has 2 aromatic rings. The van der Waals surface area contributed by atoms with Gasteiger partial charge in [0, 0.05) is 43.1 Å². The van der Waals surface area contributed by atoms with Crippen molar-refractivity contribution in [1.29, 1.82) is 5.26 Å². The van der Waals surface area contributed by atoms with E-state index in [1.54, 1.807) is 23.4 Å². The Kier molecular flexibility index (Phi) is 9.15. The molecule has 1 amide bonds. The average Bonchev–Trinajstić information content (AvgIpc) is 2.84. The fourth-order valence-corrected chi connectivity index (χ4v) is 4.72. The number of nitriles is 1. The van der Waals surface area contributed by atoms with E-state index in [0.717, 1.165) is 12.2 Å². The van der Waals surface area contributed by atoms with E-state index in [-0.39, 0.29) is 30.3 Å². The normalized spacial score (nSPS) is 20.6. The lowest BCUT2D eigenvalue weighted by Gasteiger charge is -2.46. The van der Waals surface area contributed by atoms with Gasteiger partial charge in [-0.25, -0.2) is 4.98 Å². The number of anilines is 1. The van der Waals surface area contributed by atoms with Crippen LogP contribution in [0.15, 0.2) is 36.8 Å². The maximum Gasteiger partial charge on any atom is 0.387 e. The monoisotopic (exact) mass is 501 g/mol. The molecule has 2 fully saturated rings. The standard InChI is InChI=1S/C24H27F2N5O3.C2H6/c1-16-13-30(14-17(2)31(16)21-5-4-18(9-27)10-29-21)22(32)15-33-24(6-3-7-24)19-8-20(12-28-11-19)34-23(25)26;1-2/h4-5,8,10-12,16-17,23H,3,6-7,13-15H2,1-2H3;1-2H3. The van der Waals surface area contributed by atoms with Crippen LogP contribution in [0.1, 0.15) is 58.1 Å². The topological polar surface area (TPSA) is 91.6 Å². The largest absolute Gasteiger partial charge is 0.433 e. The van der Waals surface area contributed by atoms with E-state index in [9.17, 15) is 13.6 Å². The van der Waals surface area contributed by atoms with Gasteiger partial charge in [-0.1, -0.05) is 13.8 Å². The fraction of sp³-hybridized carbons (Fsp3) is 0.538. The van der Waals surface area contributed by atoms with E-state index in [1.165, 1.54) is 12.3 Å². The molecule has 0 radical (unpaired) electrons. The van der Waals surface area contributed by atoms with Crippen LogP contribution in [0.4, 0.5) is 14.6 Å². The number of ether oxygens (including phenoxy) is 2. The molecule has 1 aliphatic heterocycles. The second kappa shape index (κ2) is 12.1. The van der Waals surface area contributed by atoms with Crippen molar-refractivity contribution < 1.29 is 23.0 Å². The molecular weight excluding hydrogens is 468 g/mol. The Morgan fingerprint density at radius 3 is 2.42 bits per heavy atom. The first-order chi connectivity index (χ1) is 17.3. The van der Waals surface area contributed by atoms with Gasteiger partial charge in [0.25, 0.3) is 0 Å². The van der Waals surface area contributed by atoms with Crippen LogP contribution < -0.4 is 9.64 Å². The number of hydrogen-bond acceptors (Lipinski definition) is 7. The molecule has 8 nitrogen and oxygen atoms in total. The molecule has 1 aliphatic carbocycles. The molecule has 36 heavy (non-hydrogen) atoms. The van der Waals surface area contributed by atoms with Crippen LogP contribution in [0, 0.1) is 11.3 Å². The van der Waals surface area contributed by atoms with E-state index in [4.69, 9.17) is 10.00 Å². The Balaban J connectivity index is 0.00000176. The molecule has 0 spiro atoms. The summed E-state index contributed by atoms with van der Waals surface area (Å²) < 4.78 is 35.7. The number of alkyl halides is 2. The smallest absolute Gasteiger partial charge is 0.387 e. The first-order valence-corrected chi connectivity index (χ1v) is 12.3. The van der Waals surface area contributed by atoms with E-state index >= 15 is 0 Å². The summed E-state index contributed by atoms with van der Waals surface area (Å²) in [7, 11) is 0. The molecule has 0 bridgehead atoms. The van der Waals surface area contributed by atoms with Gasteiger partial charge in [-0.3, -0.25) is 9.78 Å². The quantitative estimate of drug-likeness (QED) is 0.552. The lowest BCUT2D eigenvalue weighted by atomic mass is 9.75. The van der Waals surface area contributed by atoms with Gasteiger partial charge in [0.1, 0.15) is 24.2 Å². The summed E-state index contributed by atoms with van der Waals surface area (Å²) in [6.07, 6.45) is 6.65. The summed E-state index contributed by atoms with van der Waals surface area (Å²) in [6, 6.07) is 7.19. The lowest BCUT2D eigenvalue weighted by molar-refractivity contribution is -0.154. The zero-order chi connectivity index (χ0) is 26.3. The minimum absolute atomic E-state index is 0.0242. The van der Waals surface area contributed by atoms with Gasteiger partial charge in [0.05, 0.1) is 17.4 Å². The van der Waals surface area contributed by atoms with Crippen molar-refractivity contribution in [2.75, 3.05) is 24.6 Å². The number of carbonyl (C=O) groups excluding carboxylic acids is 1. The number of hydrogen-bond donors (Lipinski definition) is 0. The summed E-state index contributed by atoms with van der Waals surface area (Å²) >= 11 is 0. The van der Waals surface area contributed by atoms with Crippen LogP contribution >= 0.6 is 0 Å². The zero-order valence-corrected chi connectivity index (χ0v) is 21.2. The number of nitrogens with zero attached hydrogens (tertiary/aromatic N) is 5. The molecule has 4 rings (SSSR count). The summed E-state index contributed by atoms with van der Waals surface area (Å²) in [6.45, 7) is 6.06. The Bertz CT molecular complexity index is 1040. The molecule has 1 saturated carbocycles. The molecular formula is C26H33F2N5O3. The first-order valence-electron chi connectivity index (χ1n) is 12.3. The molecule has 2 atom stereocenters. The van der Waals surface area contributed by atoms with Crippen LogP contribution in [0.5, 0.6) is 5.75 Å². The minimum atomic E-state index is -2.93. The van der Waals surface area contributed by atoms with Crippen molar-refractivity contribution in [3.8, 4) is 11.8 Å². The van der Waals surface area contributed by atoms with E-state index in [0.29, 0.717) is 37.1 Å². The Morgan fingerprint density at radius 1 is 1.19 bits per heavy atom. The third kappa shape index (κ3) is 6.08. The molecule has 2 aliphatic rings. The molecule has 194 valence electrons. The van der Waals surface area contributed by atoms with Crippen molar-refractivity contribution >= 4 is 11.7 Å². The highest BCUT2D eigenvalue weighted by molar-refractivity contribution is 5.78. The Labute approximate surface area is 210 Å². The molecule has 1 saturated heterocycles. The highest BCUT2D eigenvalue weighted by atomic mass is 19.3. The summed E-state index contributed by atoms with van der Waals surface area (Å²) in [4.78, 5) is 25.4. The summed E-state index contributed by atoms with van der Waals surface area (Å²) in [5, 5.41) is 8.99. The van der Waals surface area contributed by atoms with Gasteiger partial charge in [-0.15, -0.1) is 0 Å². The van der Waals surface area contributed by atoms with Crippen molar-refractivity contribution in [2.45, 2.75) is 71.3 Å². The maximum absolute atomic E-state index is 13.0. The number of piperazine rings is 1. The molecule has 0 N–H and O–H groups in total. The van der Waals surface area contributed by atoms with Crippen LogP contribution in [-0.4, -0.2) is 59.2 Å². The van der Waals surface area contributed by atoms with E-state index in [1.807, 2.05) is 33.8 Å². The minimum Gasteiger partial charge on any atom is -0.433 e. The number of pyridine rings is 2. The summed E-state index contributed by atoms with van der Waals surface area (Å²) in [5.41, 5.74) is 0.430. The number of halogens is 2. The van der Waals surface area contributed by atoms with Crippen molar-refractivity contribution in [1.82, 2.24) is 14.9 Å². The molecule has 0 aromatic carbocycles. The van der Waals surface area contributed by atoms with Gasteiger partial charge in [0.2, 0.25) is 5.91 Å². The second-order valence-corrected chi connectivity index (χ2v) is 8.85. The predicted octanol–water partition coefficient (Wildman–Crippen LogP) is 4.50. The van der Waals surface area contributed by atoms with Crippen molar-refractivity contribution in [3.05, 3.63) is 47.9 Å². The number of amides is 1. The van der Waals surface area contributed by atoms with Gasteiger partial charge in [-0.2, -0.15) is 14.0 Å². The molecule has 2 aromatic heterocycles. The van der Waals surface area contributed by atoms with Crippen molar-refractivity contribution in [2.24, 2.45) is 0 Å². The van der Waals surface area contributed by atoms with Crippen LogP contribution in [0.3, 0.4) is 0 Å². The lowest BCUT2D eigenvalue weighted by Crippen LogP contribution is -2.59. The number of aromatic nitrogens is 2. The molecule has 10 heteroatoms. The Hall–Kier alpha value is -3.32. The van der Waals surface area contributed by atoms with Crippen LogP contribution in [0.25, 0.3) is 0 Å². The van der Waals surface area contributed by atoms with E-state index in [2.05, 4.69) is 25.7 Å². The highest BCUT2D eigenvalue weighted by Crippen LogP contribution is 2.45. The highest BCUT2D eigenvalue weighted by Gasteiger charge is 2.42. The molecule has 3 heterocycles. The predicted molar refractivity (Wildman–Crippen MR) is 131 cm³/mol. The average molecular weight is 502 g/mol. The third-order valence-corrected chi connectivity index (χ3v) is 6.51. The second-order valence-electron chi connectivity index (χ2n) is 8.85. The summed E-state index contributed by atoms with van der Waals surface area (Å²) in [5.74, 6) is 0.628. The third-order valence-electron chi connectivity index (χ3n) is 6.51. The van der Waals surface area contributed by atoms with Crippen molar-refractivity contribution in [3.63, 3.8) is 0 Å². The van der Waals surface area contributed by atoms with Gasteiger partial charge in [-0.05, 0) is 51.3 Å². The number of carbonyl (C=O) groups is 1. The maximum atomic E-state index is 13.0. The van der Waals surface area contributed by atoms with Gasteiger partial charge < -0.3 is 19.3 Å². The van der Waals surface area contributed by atoms with Crippen LogP contribution in [-0.2, 0) is 15.1 Å². The van der Waals surface area contributed by atoms with Crippen LogP contribution in [0.2, 0.25) is 0 Å². The van der Waals surface area contributed by atoms with Gasteiger partial charge in [0.15, 0.2) is 0 Å². The SMILES string of the molecule is CC.CC1CN(C(=O)COC2(c3cncc(OC(F)F)c3)CCC2)CC(C)N1c1ccc(C#N)cn1. The Morgan fingerprint density at radius 2 is 1.89 bits per heavy atom. The fourth-order valence-electron chi connectivity index (χ4n) is 4.72. The van der Waals surface area contributed by atoms with Gasteiger partial charge >= 0.3 is 6.61 Å². The zero-order valence-electron chi connectivity index (χ0n) is 21.2. The number of rotatable bonds is 7. The first kappa shape index (κ1) is 27.3. The molecule has 2 unspecified atom stereocenters.